The van der Waals surface area contributed by atoms with Crippen molar-refractivity contribution < 1.29 is 9.18 Å². The molecule has 0 aliphatic carbocycles. The van der Waals surface area contributed by atoms with Crippen molar-refractivity contribution in [3.05, 3.63) is 65.5 Å². The number of carbonyl (C=O) groups is 1. The van der Waals surface area contributed by atoms with Crippen LogP contribution in [0.15, 0.2) is 48.5 Å². The van der Waals surface area contributed by atoms with Crippen molar-refractivity contribution in [2.24, 2.45) is 5.73 Å². The normalized spacial score (nSPS) is 11.9. The molecule has 3 N–H and O–H groups in total. The van der Waals surface area contributed by atoms with Gasteiger partial charge in [-0.3, -0.25) is 4.79 Å². The molecule has 0 heterocycles. The fraction of sp³-hybridized carbons (Fsp3) is 0.235. The number of anilines is 1. The van der Waals surface area contributed by atoms with Crippen molar-refractivity contribution in [2.45, 2.75) is 25.8 Å². The SMILES string of the molecule is CCC(Cc1ccccc1)Nc1cc(C(N)=O)ccc1F. The van der Waals surface area contributed by atoms with E-state index < -0.39 is 5.91 Å². The number of hydrogen-bond acceptors (Lipinski definition) is 2. The predicted molar refractivity (Wildman–Crippen MR) is 82.8 cm³/mol. The average molecular weight is 286 g/mol. The van der Waals surface area contributed by atoms with Crippen molar-refractivity contribution in [1.82, 2.24) is 0 Å². The van der Waals surface area contributed by atoms with Crippen molar-refractivity contribution >= 4 is 11.6 Å². The van der Waals surface area contributed by atoms with Gasteiger partial charge in [0.25, 0.3) is 0 Å². The molecule has 0 spiro atoms. The Morgan fingerprint density at radius 1 is 1.24 bits per heavy atom. The van der Waals surface area contributed by atoms with Gasteiger partial charge in [-0.05, 0) is 36.6 Å². The van der Waals surface area contributed by atoms with Crippen LogP contribution in [0.1, 0.15) is 29.3 Å². The van der Waals surface area contributed by atoms with Gasteiger partial charge in [-0.2, -0.15) is 0 Å². The molecule has 4 heteroatoms. The van der Waals surface area contributed by atoms with Gasteiger partial charge in [0, 0.05) is 11.6 Å². The van der Waals surface area contributed by atoms with Gasteiger partial charge in [-0.15, -0.1) is 0 Å². The van der Waals surface area contributed by atoms with Crippen LogP contribution in [0.2, 0.25) is 0 Å². The zero-order valence-corrected chi connectivity index (χ0v) is 12.0. The number of primary amides is 1. The Morgan fingerprint density at radius 2 is 1.95 bits per heavy atom. The van der Waals surface area contributed by atoms with Crippen LogP contribution in [0.5, 0.6) is 0 Å². The first-order chi connectivity index (χ1) is 10.1. The summed E-state index contributed by atoms with van der Waals surface area (Å²) in [5.74, 6) is -0.944. The number of nitrogens with two attached hydrogens (primary N) is 1. The second-order valence-corrected chi connectivity index (χ2v) is 5.00. The highest BCUT2D eigenvalue weighted by Crippen LogP contribution is 2.19. The zero-order valence-electron chi connectivity index (χ0n) is 12.0. The van der Waals surface area contributed by atoms with Crippen LogP contribution in [0.4, 0.5) is 10.1 Å². The van der Waals surface area contributed by atoms with E-state index >= 15 is 0 Å². The molecule has 0 fully saturated rings. The van der Waals surface area contributed by atoms with Gasteiger partial charge in [-0.1, -0.05) is 37.3 Å². The minimum atomic E-state index is -0.561. The molecule has 110 valence electrons. The number of nitrogens with one attached hydrogen (secondary N) is 1. The lowest BCUT2D eigenvalue weighted by Crippen LogP contribution is -2.22. The monoisotopic (exact) mass is 286 g/mol. The minimum Gasteiger partial charge on any atom is -0.380 e. The molecule has 0 bridgehead atoms. The first-order valence-electron chi connectivity index (χ1n) is 7.00. The van der Waals surface area contributed by atoms with Gasteiger partial charge in [0.15, 0.2) is 0 Å². The van der Waals surface area contributed by atoms with E-state index in [-0.39, 0.29) is 11.9 Å². The van der Waals surface area contributed by atoms with Crippen LogP contribution in [0.25, 0.3) is 0 Å². The van der Waals surface area contributed by atoms with E-state index in [1.165, 1.54) is 23.8 Å². The van der Waals surface area contributed by atoms with Gasteiger partial charge < -0.3 is 11.1 Å². The van der Waals surface area contributed by atoms with E-state index in [2.05, 4.69) is 5.32 Å². The lowest BCUT2D eigenvalue weighted by Gasteiger charge is -2.19. The zero-order chi connectivity index (χ0) is 15.2. The highest BCUT2D eigenvalue weighted by atomic mass is 19.1. The molecule has 1 unspecified atom stereocenters. The topological polar surface area (TPSA) is 55.1 Å². The third-order valence-corrected chi connectivity index (χ3v) is 3.43. The summed E-state index contributed by atoms with van der Waals surface area (Å²) in [6.45, 7) is 2.04. The van der Waals surface area contributed by atoms with Gasteiger partial charge in [-0.25, -0.2) is 4.39 Å². The second-order valence-electron chi connectivity index (χ2n) is 5.00. The number of hydrogen-bond donors (Lipinski definition) is 2. The summed E-state index contributed by atoms with van der Waals surface area (Å²) in [5.41, 5.74) is 7.03. The molecule has 2 rings (SSSR count). The number of carbonyl (C=O) groups excluding carboxylic acids is 1. The Kier molecular flexibility index (Phi) is 4.93. The Labute approximate surface area is 124 Å². The molecule has 0 aliphatic heterocycles. The summed E-state index contributed by atoms with van der Waals surface area (Å²) in [5, 5.41) is 3.16. The van der Waals surface area contributed by atoms with Crippen LogP contribution >= 0.6 is 0 Å². The maximum atomic E-state index is 13.9. The summed E-state index contributed by atoms with van der Waals surface area (Å²) in [6.07, 6.45) is 1.63. The summed E-state index contributed by atoms with van der Waals surface area (Å²) in [4.78, 5) is 11.2. The van der Waals surface area contributed by atoms with E-state index in [9.17, 15) is 9.18 Å². The number of rotatable bonds is 6. The average Bonchev–Trinajstić information content (AvgIpc) is 2.49. The fourth-order valence-corrected chi connectivity index (χ4v) is 2.21. The molecule has 1 atom stereocenters. The van der Waals surface area contributed by atoms with E-state index in [4.69, 9.17) is 5.73 Å². The highest BCUT2D eigenvalue weighted by Gasteiger charge is 2.12. The Balaban J connectivity index is 2.14. The molecule has 0 aromatic heterocycles. The molecule has 0 aliphatic rings. The van der Waals surface area contributed by atoms with Crippen LogP contribution in [-0.2, 0) is 6.42 Å². The summed E-state index contributed by atoms with van der Waals surface area (Å²) >= 11 is 0. The second kappa shape index (κ2) is 6.88. The van der Waals surface area contributed by atoms with Crippen LogP contribution in [-0.4, -0.2) is 11.9 Å². The van der Waals surface area contributed by atoms with E-state index in [1.54, 1.807) is 0 Å². The molecule has 3 nitrogen and oxygen atoms in total. The van der Waals surface area contributed by atoms with Crippen molar-refractivity contribution in [1.29, 1.82) is 0 Å². The van der Waals surface area contributed by atoms with Gasteiger partial charge in [0.05, 0.1) is 5.69 Å². The molecule has 0 saturated carbocycles. The summed E-state index contributed by atoms with van der Waals surface area (Å²) in [7, 11) is 0. The minimum absolute atomic E-state index is 0.0880. The van der Waals surface area contributed by atoms with Crippen molar-refractivity contribution in [3.8, 4) is 0 Å². The number of amides is 1. The van der Waals surface area contributed by atoms with E-state index in [0.29, 0.717) is 11.3 Å². The standard InChI is InChI=1S/C17H19FN2O/c1-2-14(10-12-6-4-3-5-7-12)20-16-11-13(17(19)21)8-9-15(16)18/h3-9,11,14,20H,2,10H2,1H3,(H2,19,21). The number of benzene rings is 2. The molecule has 0 saturated heterocycles. The quantitative estimate of drug-likeness (QED) is 0.855. The third-order valence-electron chi connectivity index (χ3n) is 3.43. The third kappa shape index (κ3) is 4.05. The Morgan fingerprint density at radius 3 is 2.57 bits per heavy atom. The lowest BCUT2D eigenvalue weighted by atomic mass is 10.0. The molecule has 2 aromatic carbocycles. The Bertz CT molecular complexity index is 613. The smallest absolute Gasteiger partial charge is 0.248 e. The lowest BCUT2D eigenvalue weighted by molar-refractivity contribution is 0.100. The van der Waals surface area contributed by atoms with Crippen LogP contribution < -0.4 is 11.1 Å². The summed E-state index contributed by atoms with van der Waals surface area (Å²) in [6, 6.07) is 14.2. The maximum Gasteiger partial charge on any atom is 0.248 e. The van der Waals surface area contributed by atoms with Crippen molar-refractivity contribution in [3.63, 3.8) is 0 Å². The molecule has 21 heavy (non-hydrogen) atoms. The van der Waals surface area contributed by atoms with E-state index in [1.807, 2.05) is 37.3 Å². The maximum absolute atomic E-state index is 13.9. The number of halogens is 1. The largest absolute Gasteiger partial charge is 0.380 e. The van der Waals surface area contributed by atoms with Gasteiger partial charge >= 0.3 is 0 Å². The van der Waals surface area contributed by atoms with Crippen LogP contribution in [0, 0.1) is 5.82 Å². The molecular weight excluding hydrogens is 267 g/mol. The molecule has 2 aromatic rings. The van der Waals surface area contributed by atoms with E-state index in [0.717, 1.165) is 12.8 Å². The van der Waals surface area contributed by atoms with Crippen LogP contribution in [0.3, 0.4) is 0 Å². The first kappa shape index (κ1) is 15.0. The first-order valence-corrected chi connectivity index (χ1v) is 7.00. The predicted octanol–water partition coefficient (Wildman–Crippen LogP) is 3.36. The Hall–Kier alpha value is -2.36. The highest BCUT2D eigenvalue weighted by molar-refractivity contribution is 5.93. The van der Waals surface area contributed by atoms with Gasteiger partial charge in [0.1, 0.15) is 5.82 Å². The summed E-state index contributed by atoms with van der Waals surface area (Å²) < 4.78 is 13.9. The van der Waals surface area contributed by atoms with Crippen molar-refractivity contribution in [2.75, 3.05) is 5.32 Å². The molecule has 1 amide bonds. The molecule has 0 radical (unpaired) electrons. The molecular formula is C17H19FN2O. The van der Waals surface area contributed by atoms with Gasteiger partial charge in [0.2, 0.25) is 5.91 Å². The fourth-order valence-electron chi connectivity index (χ4n) is 2.21.